The van der Waals surface area contributed by atoms with Crippen LogP contribution in [-0.4, -0.2) is 81.5 Å². The molecule has 5 heterocycles. The smallest absolute Gasteiger partial charge is 0.254 e. The first-order valence-corrected chi connectivity index (χ1v) is 13.9. The molecule has 0 unspecified atom stereocenters. The number of carbonyl (C=O) groups excluding carboxylic acids is 1. The van der Waals surface area contributed by atoms with Crippen molar-refractivity contribution in [3.63, 3.8) is 0 Å². The second kappa shape index (κ2) is 10.6. The molecular formula is C25H28N8O3S. The predicted octanol–water partition coefficient (Wildman–Crippen LogP) is 2.09. The summed E-state index contributed by atoms with van der Waals surface area (Å²) < 4.78 is 24.9. The molecule has 5 rings (SSSR count). The summed E-state index contributed by atoms with van der Waals surface area (Å²) in [6, 6.07) is 11.2. The summed E-state index contributed by atoms with van der Waals surface area (Å²) in [6.07, 6.45) is 5.69. The van der Waals surface area contributed by atoms with E-state index in [1.807, 2.05) is 43.5 Å². The zero-order chi connectivity index (χ0) is 25.8. The topological polar surface area (TPSA) is 134 Å². The Balaban J connectivity index is 1.29. The number of hydrogen-bond donors (Lipinski definition) is 2. The molecule has 4 aromatic rings. The maximum atomic E-state index is 13.0. The van der Waals surface area contributed by atoms with Gasteiger partial charge in [-0.2, -0.15) is 0 Å². The molecule has 0 saturated carbocycles. The molecule has 0 bridgehead atoms. The minimum Gasteiger partial charge on any atom is -0.352 e. The highest BCUT2D eigenvalue weighted by Gasteiger charge is 2.21. The molecule has 2 N–H and O–H groups in total. The van der Waals surface area contributed by atoms with Crippen molar-refractivity contribution in [2.75, 3.05) is 43.0 Å². The lowest BCUT2D eigenvalue weighted by Crippen LogP contribution is -2.41. The number of sulfone groups is 1. The molecule has 4 aromatic heterocycles. The molecule has 1 aliphatic heterocycles. The molecule has 0 radical (unpaired) electrons. The van der Waals surface area contributed by atoms with Crippen LogP contribution in [0, 0.1) is 6.92 Å². The van der Waals surface area contributed by atoms with Gasteiger partial charge in [0, 0.05) is 43.9 Å². The maximum absolute atomic E-state index is 13.0. The van der Waals surface area contributed by atoms with Crippen LogP contribution in [0.15, 0.2) is 55.0 Å². The third kappa shape index (κ3) is 5.92. The third-order valence-corrected chi connectivity index (χ3v) is 7.81. The fraction of sp³-hybridized carbons (Fsp3) is 0.320. The molecule has 1 aliphatic rings. The van der Waals surface area contributed by atoms with Gasteiger partial charge in [-0.1, -0.05) is 6.07 Å². The van der Waals surface area contributed by atoms with E-state index in [0.29, 0.717) is 48.2 Å². The molecule has 192 valence electrons. The Morgan fingerprint density at radius 3 is 2.73 bits per heavy atom. The van der Waals surface area contributed by atoms with E-state index in [2.05, 4.69) is 30.6 Å². The molecule has 0 spiro atoms. The van der Waals surface area contributed by atoms with Crippen molar-refractivity contribution in [2.45, 2.75) is 13.3 Å². The molecule has 1 fully saturated rings. The highest BCUT2D eigenvalue weighted by atomic mass is 32.2. The quantitative estimate of drug-likeness (QED) is 0.335. The molecule has 12 heteroatoms. The van der Waals surface area contributed by atoms with Gasteiger partial charge in [-0.25, -0.2) is 22.9 Å². The number of amides is 1. The van der Waals surface area contributed by atoms with Gasteiger partial charge in [0.05, 0.1) is 22.8 Å². The Labute approximate surface area is 214 Å². The number of hydrogen-bond acceptors (Lipinski definition) is 9. The van der Waals surface area contributed by atoms with Gasteiger partial charge in [0.15, 0.2) is 15.7 Å². The van der Waals surface area contributed by atoms with E-state index in [4.69, 9.17) is 4.98 Å². The van der Waals surface area contributed by atoms with Crippen LogP contribution in [0.3, 0.4) is 0 Å². The molecule has 1 saturated heterocycles. The Hall–Kier alpha value is -3.90. The zero-order valence-electron chi connectivity index (χ0n) is 20.5. The van der Waals surface area contributed by atoms with E-state index in [0.717, 1.165) is 24.2 Å². The summed E-state index contributed by atoms with van der Waals surface area (Å²) in [4.78, 5) is 28.5. The monoisotopic (exact) mass is 520 g/mol. The van der Waals surface area contributed by atoms with Gasteiger partial charge in [0.25, 0.3) is 5.91 Å². The summed E-state index contributed by atoms with van der Waals surface area (Å²) in [5.41, 5.74) is 3.23. The summed E-state index contributed by atoms with van der Waals surface area (Å²) in [6.45, 7) is 4.20. The molecule has 11 nitrogen and oxygen atoms in total. The Morgan fingerprint density at radius 1 is 1.08 bits per heavy atom. The van der Waals surface area contributed by atoms with E-state index < -0.39 is 9.84 Å². The number of anilines is 2. The number of nitrogens with one attached hydrogen (secondary N) is 2. The van der Waals surface area contributed by atoms with Crippen molar-refractivity contribution in [1.82, 2.24) is 34.8 Å². The maximum Gasteiger partial charge on any atom is 0.254 e. The van der Waals surface area contributed by atoms with Gasteiger partial charge in [-0.05, 0) is 50.2 Å². The van der Waals surface area contributed by atoms with E-state index in [1.165, 1.54) is 6.20 Å². The minimum atomic E-state index is -2.90. The summed E-state index contributed by atoms with van der Waals surface area (Å²) in [5, 5.41) is 10.8. The van der Waals surface area contributed by atoms with Crippen LogP contribution in [0.5, 0.6) is 0 Å². The second-order valence-electron chi connectivity index (χ2n) is 8.94. The van der Waals surface area contributed by atoms with E-state index in [-0.39, 0.29) is 17.4 Å². The van der Waals surface area contributed by atoms with E-state index in [9.17, 15) is 13.2 Å². The first-order valence-electron chi connectivity index (χ1n) is 12.1. The van der Waals surface area contributed by atoms with Crippen LogP contribution in [0.25, 0.3) is 17.0 Å². The number of pyridine rings is 2. The Bertz CT molecular complexity index is 1520. The van der Waals surface area contributed by atoms with Crippen LogP contribution in [-0.2, 0) is 9.84 Å². The van der Waals surface area contributed by atoms with Gasteiger partial charge >= 0.3 is 0 Å². The first kappa shape index (κ1) is 24.8. The van der Waals surface area contributed by atoms with Gasteiger partial charge in [-0.3, -0.25) is 9.78 Å². The Morgan fingerprint density at radius 2 is 1.92 bits per heavy atom. The average molecular weight is 521 g/mol. The van der Waals surface area contributed by atoms with Crippen molar-refractivity contribution < 1.29 is 13.2 Å². The molecule has 0 aromatic carbocycles. The van der Waals surface area contributed by atoms with Crippen molar-refractivity contribution >= 4 is 32.8 Å². The van der Waals surface area contributed by atoms with Crippen LogP contribution in [0.4, 0.5) is 11.5 Å². The average Bonchev–Trinajstić information content (AvgIpc) is 3.37. The second-order valence-corrected chi connectivity index (χ2v) is 11.2. The van der Waals surface area contributed by atoms with Crippen LogP contribution in [0.1, 0.15) is 22.5 Å². The zero-order valence-corrected chi connectivity index (χ0v) is 21.3. The standard InChI is InChI=1S/C25H28N8O3S/c1-18-5-2-6-21(28-18)23-30-24(22-7-3-12-33(22)31-23)29-20-8-10-26-17-19(20)25(34)27-9-4-11-32-13-15-37(35,36)16-14-32/h2-3,5-8,10,12,17H,4,9,11,13-16H2,1H3,(H,27,34)(H,26,29,30,31). The fourth-order valence-electron chi connectivity index (χ4n) is 4.19. The molecule has 1 amide bonds. The fourth-order valence-corrected chi connectivity index (χ4v) is 5.47. The molecule has 0 aliphatic carbocycles. The van der Waals surface area contributed by atoms with E-state index in [1.54, 1.807) is 16.8 Å². The van der Waals surface area contributed by atoms with Gasteiger partial charge in [-0.15, -0.1) is 5.10 Å². The van der Waals surface area contributed by atoms with Crippen molar-refractivity contribution in [3.05, 3.63) is 66.2 Å². The van der Waals surface area contributed by atoms with Crippen LogP contribution >= 0.6 is 0 Å². The highest BCUT2D eigenvalue weighted by molar-refractivity contribution is 7.91. The van der Waals surface area contributed by atoms with Crippen LogP contribution in [0.2, 0.25) is 0 Å². The van der Waals surface area contributed by atoms with E-state index >= 15 is 0 Å². The largest absolute Gasteiger partial charge is 0.352 e. The number of aromatic nitrogens is 5. The third-order valence-electron chi connectivity index (χ3n) is 6.20. The predicted molar refractivity (Wildman–Crippen MR) is 141 cm³/mol. The number of aryl methyl sites for hydroxylation is 1. The Kier molecular flexibility index (Phi) is 7.10. The molecule has 0 atom stereocenters. The lowest BCUT2D eigenvalue weighted by molar-refractivity contribution is 0.0952. The summed E-state index contributed by atoms with van der Waals surface area (Å²) >= 11 is 0. The van der Waals surface area contributed by atoms with Crippen molar-refractivity contribution in [3.8, 4) is 11.5 Å². The summed E-state index contributed by atoms with van der Waals surface area (Å²) in [7, 11) is -2.90. The van der Waals surface area contributed by atoms with Gasteiger partial charge < -0.3 is 15.5 Å². The summed E-state index contributed by atoms with van der Waals surface area (Å²) in [5.74, 6) is 1.14. The lowest BCUT2D eigenvalue weighted by atomic mass is 10.2. The number of fused-ring (bicyclic) bond motifs is 1. The molecular weight excluding hydrogens is 492 g/mol. The molecule has 37 heavy (non-hydrogen) atoms. The van der Waals surface area contributed by atoms with Crippen molar-refractivity contribution in [1.29, 1.82) is 0 Å². The van der Waals surface area contributed by atoms with Gasteiger partial charge in [0.2, 0.25) is 5.82 Å². The van der Waals surface area contributed by atoms with Crippen molar-refractivity contribution in [2.24, 2.45) is 0 Å². The number of nitrogens with zero attached hydrogens (tertiary/aromatic N) is 6. The SMILES string of the molecule is Cc1cccc(-c2nc(Nc3ccncc3C(=O)NCCCN3CCS(=O)(=O)CC3)c3cccn3n2)n1. The lowest BCUT2D eigenvalue weighted by Gasteiger charge is -2.26. The normalized spacial score (nSPS) is 15.5. The van der Waals surface area contributed by atoms with Gasteiger partial charge in [0.1, 0.15) is 11.2 Å². The number of carbonyl (C=O) groups is 1. The number of rotatable bonds is 8. The minimum absolute atomic E-state index is 0.198. The van der Waals surface area contributed by atoms with Crippen LogP contribution < -0.4 is 10.6 Å². The highest BCUT2D eigenvalue weighted by Crippen LogP contribution is 2.25. The first-order chi connectivity index (χ1) is 17.9.